The molecule has 10 N–H and O–H groups in total. The summed E-state index contributed by atoms with van der Waals surface area (Å²) in [5, 5.41) is 32.6. The summed E-state index contributed by atoms with van der Waals surface area (Å²) >= 11 is 0.750. The van der Waals surface area contributed by atoms with Crippen LogP contribution in [0.15, 0.2) is 0 Å². The van der Waals surface area contributed by atoms with Gasteiger partial charge < -0.3 is 51.9 Å². The fourth-order valence-electron chi connectivity index (χ4n) is 0. The quantitative estimate of drug-likeness (QED) is 0.260. The van der Waals surface area contributed by atoms with Crippen molar-refractivity contribution in [2.75, 3.05) is 0 Å². The normalized spacial score (nSPS) is 4.79. The van der Waals surface area contributed by atoms with Gasteiger partial charge in [0.05, 0.1) is 0 Å². The Labute approximate surface area is 156 Å². The molecule has 0 unspecified atom stereocenters. The monoisotopic (exact) mass is 452 g/mol. The first-order valence-electron chi connectivity index (χ1n) is 2.38. The Balaban J connectivity index is -0.0000000152. The summed E-state index contributed by atoms with van der Waals surface area (Å²) in [5.74, 6) is -8.02. The number of aliphatic carboxylic acids is 4. The molecule has 0 fully saturated rings. The van der Waals surface area contributed by atoms with Gasteiger partial charge in [0.2, 0.25) is 0 Å². The van der Waals surface area contributed by atoms with Crippen molar-refractivity contribution in [1.82, 2.24) is 0 Å². The summed E-state index contributed by atoms with van der Waals surface area (Å²) in [5.41, 5.74) is 0. The minimum absolute atomic E-state index is 0. The van der Waals surface area contributed by atoms with Crippen LogP contribution in [-0.4, -0.2) is 105 Å². The molecule has 0 spiro atoms. The van der Waals surface area contributed by atoms with Gasteiger partial charge in [0, 0.05) is 0 Å². The van der Waals surface area contributed by atoms with E-state index in [0.717, 1.165) is 20.4 Å². The predicted molar refractivity (Wildman–Crippen MR) is 46.2 cm³/mol. The molecule has 0 aromatic heterocycles. The van der Waals surface area contributed by atoms with E-state index in [1.165, 1.54) is 0 Å². The van der Waals surface area contributed by atoms with Crippen LogP contribution in [0.4, 0.5) is 0 Å². The van der Waals surface area contributed by atoms with Crippen LogP contribution in [0.25, 0.3) is 0 Å². The van der Waals surface area contributed by atoms with Crippen LogP contribution in [0.3, 0.4) is 0 Å². The number of carbonyl (C=O) groups excluding carboxylic acids is 2. The van der Waals surface area contributed by atoms with Gasteiger partial charge >= 0.3 is 84.5 Å². The van der Waals surface area contributed by atoms with E-state index in [0.29, 0.717) is 0 Å². The number of carboxylic acid groups (broad SMARTS) is 4. The summed E-state index contributed by atoms with van der Waals surface area (Å²) in [4.78, 5) is 36.1. The Morgan fingerprint density at radius 3 is 0.737 bits per heavy atom. The summed E-state index contributed by atoms with van der Waals surface area (Å²) < 4.78 is 8.25. The Bertz CT molecular complexity index is 193. The molecule has 0 heterocycles. The molecule has 0 amide bonds. The average Bonchev–Trinajstić information content (AvgIpc) is 2.08. The molecule has 110 valence electrons. The molecule has 0 atom stereocenters. The summed E-state index contributed by atoms with van der Waals surface area (Å²) in [6, 6.07) is 0. The first-order valence-corrected chi connectivity index (χ1v) is 3.01. The molecule has 13 nitrogen and oxygen atoms in total. The second-order valence-corrected chi connectivity index (χ2v) is 1.19. The van der Waals surface area contributed by atoms with E-state index in [2.05, 4.69) is 0 Å². The molecule has 0 aliphatic rings. The van der Waals surface area contributed by atoms with Crippen LogP contribution in [0, 0.1) is 0 Å². The fourth-order valence-corrected chi connectivity index (χ4v) is 0. The second-order valence-electron chi connectivity index (χ2n) is 1.19. The van der Waals surface area contributed by atoms with Crippen LogP contribution in [0.2, 0.25) is 0 Å². The topological polar surface area (TPSA) is 298 Å². The van der Waals surface area contributed by atoms with Gasteiger partial charge in [0.15, 0.2) is 11.9 Å². The van der Waals surface area contributed by atoms with Crippen molar-refractivity contribution in [3.8, 4) is 0 Å². The third-order valence-electron chi connectivity index (χ3n) is 0.349. The zero-order valence-electron chi connectivity index (χ0n) is 8.96. The molecular weight excluding hydrogens is 441 g/mol. The van der Waals surface area contributed by atoms with Crippen LogP contribution in [-0.2, 0) is 42.9 Å². The maximum absolute atomic E-state index is 9.04. The number of carbonyl (C=O) groups is 4. The predicted octanol–water partition coefficient (Wildman–Crippen LogP) is -8.16. The Morgan fingerprint density at radius 2 is 0.737 bits per heavy atom. The zero-order valence-corrected chi connectivity index (χ0v) is 15.0. The van der Waals surface area contributed by atoms with Gasteiger partial charge in [-0.3, -0.25) is 0 Å². The van der Waals surface area contributed by atoms with Crippen LogP contribution in [0.5, 0.6) is 0 Å². The number of hydrogen-bond acceptors (Lipinski definition) is 7. The molecule has 0 saturated heterocycles. The van der Waals surface area contributed by atoms with Gasteiger partial charge in [0.25, 0.3) is 0 Å². The molecule has 0 aromatic carbocycles. The third-order valence-corrected chi connectivity index (χ3v) is 0.349. The van der Waals surface area contributed by atoms with Crippen molar-refractivity contribution in [3.63, 3.8) is 0 Å². The molecule has 0 bridgehead atoms. The van der Waals surface area contributed by atoms with Gasteiger partial charge in [-0.25, -0.2) is 9.59 Å². The van der Waals surface area contributed by atoms with Gasteiger partial charge in [-0.15, -0.1) is 0 Å². The van der Waals surface area contributed by atoms with Gasteiger partial charge in [-0.05, 0) is 0 Å². The van der Waals surface area contributed by atoms with E-state index < -0.39 is 23.9 Å². The fraction of sp³-hybridized carbons (Fsp3) is 0. The van der Waals surface area contributed by atoms with E-state index in [4.69, 9.17) is 42.9 Å². The van der Waals surface area contributed by atoms with Crippen molar-refractivity contribution in [1.29, 1.82) is 0 Å². The molecule has 15 heteroatoms. The van der Waals surface area contributed by atoms with Gasteiger partial charge in [-0.1, -0.05) is 0 Å². The number of rotatable bonds is 0. The average molecular weight is 451 g/mol. The maximum atomic E-state index is 9.04. The van der Waals surface area contributed by atoms with Crippen LogP contribution < -0.4 is 10.2 Å². The third kappa shape index (κ3) is 73.0. The van der Waals surface area contributed by atoms with Crippen molar-refractivity contribution in [2.24, 2.45) is 0 Å². The minimum atomic E-state index is -2.07. The second kappa shape index (κ2) is 36.1. The van der Waals surface area contributed by atoms with Crippen LogP contribution in [0.1, 0.15) is 0 Å². The zero-order chi connectivity index (χ0) is 12.3. The summed E-state index contributed by atoms with van der Waals surface area (Å²) in [6.07, 6.45) is 0. The first kappa shape index (κ1) is 51.1. The molecule has 0 aliphatic carbocycles. The summed E-state index contributed by atoms with van der Waals surface area (Å²) in [7, 11) is 0. The Hall–Kier alpha value is -0.194. The Kier molecular flexibility index (Phi) is 97.0. The standard InChI is InChI=1S/2C2H2O4.Ba.4H2O.O.Ti/c2*3-1(4)2(5)6;;;;;;;/h2*(H,3,4)(H,5,6);;4*1H2;;/q;;+2;;;;;;/p-2. The molecule has 0 rings (SSSR count). The number of hydrogen-bond donors (Lipinski definition) is 2. The molecule has 0 aromatic rings. The van der Waals surface area contributed by atoms with Gasteiger partial charge in [0.1, 0.15) is 0 Å². The van der Waals surface area contributed by atoms with E-state index >= 15 is 0 Å². The van der Waals surface area contributed by atoms with Crippen molar-refractivity contribution in [2.45, 2.75) is 0 Å². The van der Waals surface area contributed by atoms with Crippen molar-refractivity contribution in [3.05, 3.63) is 0 Å². The van der Waals surface area contributed by atoms with E-state index in [9.17, 15) is 0 Å². The SMILES string of the molecule is O.O.O.O.O=C([O-])C(=O)O.O=C([O-])C(=O)O.[Ba+2].[O]=[Ti]. The first-order chi connectivity index (χ1) is 6.29. The Morgan fingerprint density at radius 1 is 0.684 bits per heavy atom. The molecule has 0 saturated carbocycles. The van der Waals surface area contributed by atoms with Crippen molar-refractivity contribution >= 4 is 72.8 Å². The van der Waals surface area contributed by atoms with E-state index in [1.807, 2.05) is 0 Å². The van der Waals surface area contributed by atoms with Gasteiger partial charge in [-0.2, -0.15) is 0 Å². The van der Waals surface area contributed by atoms with Crippen molar-refractivity contribution < 1.29 is 85.2 Å². The number of carboxylic acids is 4. The molecule has 19 heavy (non-hydrogen) atoms. The molecular formula is C4H10BaO13Ti. The van der Waals surface area contributed by atoms with E-state index in [1.54, 1.807) is 0 Å². The molecule has 0 radical (unpaired) electrons. The van der Waals surface area contributed by atoms with E-state index in [-0.39, 0.29) is 70.8 Å². The molecule has 0 aliphatic heterocycles. The summed E-state index contributed by atoms with van der Waals surface area (Å²) in [6.45, 7) is 0. The van der Waals surface area contributed by atoms with Crippen LogP contribution >= 0.6 is 0 Å².